The van der Waals surface area contributed by atoms with Crippen LogP contribution < -0.4 is 14.0 Å². The van der Waals surface area contributed by atoms with Gasteiger partial charge < -0.3 is 9.47 Å². The molecule has 156 valence electrons. The molecule has 1 aliphatic heterocycles. The van der Waals surface area contributed by atoms with E-state index < -0.39 is 0 Å². The Bertz CT molecular complexity index is 1160. The van der Waals surface area contributed by atoms with E-state index in [1.54, 1.807) is 7.11 Å². The summed E-state index contributed by atoms with van der Waals surface area (Å²) in [5, 5.41) is 0. The molecule has 1 aromatic heterocycles. The lowest BCUT2D eigenvalue weighted by atomic mass is 10.1. The number of ether oxygens (including phenoxy) is 2. The number of hydrogen-bond donors (Lipinski definition) is 0. The van der Waals surface area contributed by atoms with E-state index in [0.717, 1.165) is 35.9 Å². The van der Waals surface area contributed by atoms with Crippen LogP contribution in [0.5, 0.6) is 17.2 Å². The molecule has 4 heteroatoms. The summed E-state index contributed by atoms with van der Waals surface area (Å²) in [6, 6.07) is 26.5. The molecule has 5 rings (SSSR count). The second-order valence-corrected chi connectivity index (χ2v) is 7.87. The van der Waals surface area contributed by atoms with Crippen LogP contribution in [0.2, 0.25) is 0 Å². The normalized spacial score (nSPS) is 13.3. The number of fused-ring (bicyclic) bond motifs is 1. The van der Waals surface area contributed by atoms with E-state index in [0.29, 0.717) is 0 Å². The van der Waals surface area contributed by atoms with Gasteiger partial charge in [0.15, 0.2) is 17.1 Å². The minimum absolute atomic E-state index is 0.843. The highest BCUT2D eigenvalue weighted by Crippen LogP contribution is 2.29. The zero-order valence-corrected chi connectivity index (χ0v) is 17.8. The lowest BCUT2D eigenvalue weighted by Crippen LogP contribution is -2.34. The van der Waals surface area contributed by atoms with Gasteiger partial charge in [-0.25, -0.2) is 4.57 Å². The monoisotopic (exact) mass is 411 g/mol. The van der Waals surface area contributed by atoms with Crippen LogP contribution in [0.15, 0.2) is 85.1 Å². The van der Waals surface area contributed by atoms with Crippen molar-refractivity contribution in [3.8, 4) is 34.2 Å². The van der Waals surface area contributed by atoms with Gasteiger partial charge in [-0.3, -0.25) is 0 Å². The average molecular weight is 412 g/mol. The lowest BCUT2D eigenvalue weighted by molar-refractivity contribution is -0.604. The molecule has 0 spiro atoms. The van der Waals surface area contributed by atoms with Crippen molar-refractivity contribution in [2.45, 2.75) is 32.2 Å². The third-order valence-corrected chi connectivity index (χ3v) is 5.89. The molecular weight excluding hydrogens is 384 g/mol. The molecule has 0 amide bonds. The fraction of sp³-hybridized carbons (Fsp3) is 0.222. The largest absolute Gasteiger partial charge is 0.492 e. The maximum atomic E-state index is 5.98. The summed E-state index contributed by atoms with van der Waals surface area (Å²) in [6.45, 7) is 1.04. The Hall–Kier alpha value is -3.53. The molecule has 0 saturated heterocycles. The maximum Gasteiger partial charge on any atom is 0.262 e. The van der Waals surface area contributed by atoms with Crippen LogP contribution in [-0.2, 0) is 13.0 Å². The van der Waals surface area contributed by atoms with Gasteiger partial charge in [-0.15, -0.1) is 0 Å². The van der Waals surface area contributed by atoms with Crippen molar-refractivity contribution < 1.29 is 14.0 Å². The molecule has 0 unspecified atom stereocenters. The van der Waals surface area contributed by atoms with Gasteiger partial charge >= 0.3 is 0 Å². The topological polar surface area (TPSA) is 27.3 Å². The van der Waals surface area contributed by atoms with Gasteiger partial charge in [0.25, 0.3) is 5.82 Å². The predicted molar refractivity (Wildman–Crippen MR) is 122 cm³/mol. The van der Waals surface area contributed by atoms with Gasteiger partial charge in [-0.2, -0.15) is 4.57 Å². The van der Waals surface area contributed by atoms with Crippen LogP contribution in [0, 0.1) is 0 Å². The van der Waals surface area contributed by atoms with Crippen LogP contribution in [-0.4, -0.2) is 11.7 Å². The summed E-state index contributed by atoms with van der Waals surface area (Å²) in [7, 11) is 1.74. The van der Waals surface area contributed by atoms with Crippen molar-refractivity contribution in [3.63, 3.8) is 0 Å². The molecular formula is C27H27N2O2+. The summed E-state index contributed by atoms with van der Waals surface area (Å²) >= 11 is 0. The molecule has 3 aromatic carbocycles. The Kier molecular flexibility index (Phi) is 5.44. The standard InChI is InChI=1S/C27H27N2O2/c1-30-26-13-8-7-12-24(26)29-20-25(28-19-9-3-6-14-27(28)29)21-15-17-23(18-16-21)31-22-10-4-2-5-11-22/h2,4-5,7-8,10-13,15-18,20H,3,6,9,14,19H2,1H3/q+1. The first kappa shape index (κ1) is 19.4. The second kappa shape index (κ2) is 8.68. The Morgan fingerprint density at radius 3 is 2.32 bits per heavy atom. The molecule has 1 aliphatic rings. The fourth-order valence-corrected chi connectivity index (χ4v) is 4.36. The molecule has 4 nitrogen and oxygen atoms in total. The van der Waals surface area contributed by atoms with Gasteiger partial charge in [-0.1, -0.05) is 30.3 Å². The predicted octanol–water partition coefficient (Wildman–Crippen LogP) is 5.96. The van der Waals surface area contributed by atoms with Gasteiger partial charge in [0.05, 0.1) is 13.7 Å². The first-order chi connectivity index (χ1) is 15.3. The second-order valence-electron chi connectivity index (χ2n) is 7.87. The average Bonchev–Trinajstić information content (AvgIpc) is 3.00. The summed E-state index contributed by atoms with van der Waals surface area (Å²) in [5.74, 6) is 3.92. The Balaban J connectivity index is 1.54. The van der Waals surface area contributed by atoms with Gasteiger partial charge in [0, 0.05) is 12.0 Å². The van der Waals surface area contributed by atoms with E-state index in [2.05, 4.69) is 39.6 Å². The summed E-state index contributed by atoms with van der Waals surface area (Å²) in [5.41, 5.74) is 3.51. The number of nitrogens with zero attached hydrogens (tertiary/aromatic N) is 2. The van der Waals surface area contributed by atoms with Crippen molar-refractivity contribution in [2.75, 3.05) is 7.11 Å². The summed E-state index contributed by atoms with van der Waals surface area (Å²) < 4.78 is 16.4. The summed E-state index contributed by atoms with van der Waals surface area (Å²) in [4.78, 5) is 0. The number of methoxy groups -OCH3 is 1. The third-order valence-electron chi connectivity index (χ3n) is 5.89. The van der Waals surface area contributed by atoms with Crippen molar-refractivity contribution in [1.29, 1.82) is 0 Å². The minimum Gasteiger partial charge on any atom is -0.492 e. The van der Waals surface area contributed by atoms with Gasteiger partial charge in [0.2, 0.25) is 0 Å². The molecule has 31 heavy (non-hydrogen) atoms. The number of aromatic nitrogens is 2. The SMILES string of the molecule is COc1ccccc1-[n+]1cc(-c2ccc(Oc3ccccc3)cc2)n2c1CCCCC2. The molecule has 0 aliphatic carbocycles. The van der Waals surface area contributed by atoms with E-state index in [1.165, 1.54) is 36.3 Å². The summed E-state index contributed by atoms with van der Waals surface area (Å²) in [6.07, 6.45) is 6.99. The molecule has 0 bridgehead atoms. The van der Waals surface area contributed by atoms with E-state index >= 15 is 0 Å². The number of rotatable bonds is 5. The molecule has 0 saturated carbocycles. The van der Waals surface area contributed by atoms with Crippen molar-refractivity contribution in [3.05, 3.63) is 90.9 Å². The van der Waals surface area contributed by atoms with Gasteiger partial charge in [-0.05, 0) is 67.8 Å². The zero-order valence-electron chi connectivity index (χ0n) is 17.8. The highest BCUT2D eigenvalue weighted by Gasteiger charge is 2.28. The van der Waals surface area contributed by atoms with Crippen LogP contribution in [0.3, 0.4) is 0 Å². The van der Waals surface area contributed by atoms with Crippen molar-refractivity contribution in [2.24, 2.45) is 0 Å². The van der Waals surface area contributed by atoms with E-state index in [4.69, 9.17) is 9.47 Å². The van der Waals surface area contributed by atoms with Crippen LogP contribution in [0.4, 0.5) is 0 Å². The molecule has 0 fully saturated rings. The van der Waals surface area contributed by atoms with Crippen molar-refractivity contribution >= 4 is 0 Å². The highest BCUT2D eigenvalue weighted by atomic mass is 16.5. The van der Waals surface area contributed by atoms with E-state index in [9.17, 15) is 0 Å². The maximum absolute atomic E-state index is 5.98. The Morgan fingerprint density at radius 2 is 1.52 bits per heavy atom. The number of imidazole rings is 1. The molecule has 0 atom stereocenters. The fourth-order valence-electron chi connectivity index (χ4n) is 4.36. The number of hydrogen-bond acceptors (Lipinski definition) is 2. The van der Waals surface area contributed by atoms with Crippen molar-refractivity contribution in [1.82, 2.24) is 4.57 Å². The smallest absolute Gasteiger partial charge is 0.262 e. The third kappa shape index (κ3) is 3.93. The lowest BCUT2D eigenvalue weighted by Gasteiger charge is -2.07. The Labute approximate surface area is 183 Å². The van der Waals surface area contributed by atoms with Crippen LogP contribution in [0.1, 0.15) is 25.1 Å². The van der Waals surface area contributed by atoms with E-state index in [-0.39, 0.29) is 0 Å². The quantitative estimate of drug-likeness (QED) is 0.379. The highest BCUT2D eigenvalue weighted by molar-refractivity contribution is 5.60. The van der Waals surface area contributed by atoms with Crippen LogP contribution in [0.25, 0.3) is 16.9 Å². The molecule has 2 heterocycles. The first-order valence-corrected chi connectivity index (χ1v) is 10.9. The molecule has 0 radical (unpaired) electrons. The molecule has 4 aromatic rings. The zero-order chi connectivity index (χ0) is 21.0. The van der Waals surface area contributed by atoms with Gasteiger partial charge in [0.1, 0.15) is 17.7 Å². The number of benzene rings is 3. The number of para-hydroxylation sites is 3. The molecule has 0 N–H and O–H groups in total. The first-order valence-electron chi connectivity index (χ1n) is 10.9. The Morgan fingerprint density at radius 1 is 0.774 bits per heavy atom. The minimum atomic E-state index is 0.843. The van der Waals surface area contributed by atoms with Crippen LogP contribution >= 0.6 is 0 Å². The van der Waals surface area contributed by atoms with E-state index in [1.807, 2.05) is 54.6 Å².